The zero-order chi connectivity index (χ0) is 22.5. The molecule has 1 atom stereocenters. The van der Waals surface area contributed by atoms with E-state index in [4.69, 9.17) is 23.7 Å². The van der Waals surface area contributed by atoms with Crippen LogP contribution in [0.2, 0.25) is 0 Å². The van der Waals surface area contributed by atoms with Gasteiger partial charge in [0.25, 0.3) is 0 Å². The highest BCUT2D eigenvalue weighted by molar-refractivity contribution is 5.75. The van der Waals surface area contributed by atoms with Crippen molar-refractivity contribution >= 4 is 6.03 Å². The van der Waals surface area contributed by atoms with Crippen molar-refractivity contribution in [1.82, 2.24) is 10.2 Å². The lowest BCUT2D eigenvalue weighted by molar-refractivity contribution is 0.189. The molecule has 0 unspecified atom stereocenters. The van der Waals surface area contributed by atoms with Crippen LogP contribution >= 0.6 is 0 Å². The number of nitrogens with one attached hydrogen (secondary N) is 1. The van der Waals surface area contributed by atoms with E-state index in [1.807, 2.05) is 31.2 Å². The third kappa shape index (κ3) is 4.57. The molecular weight excluding hydrogens is 400 g/mol. The molecule has 1 aliphatic rings. The molecule has 0 aliphatic carbocycles. The second-order valence-electron chi connectivity index (χ2n) is 7.28. The van der Waals surface area contributed by atoms with Gasteiger partial charge in [0.1, 0.15) is 0 Å². The molecule has 0 radical (unpaired) electrons. The van der Waals surface area contributed by atoms with Crippen LogP contribution in [0.25, 0.3) is 0 Å². The Morgan fingerprint density at radius 2 is 1.39 bits per heavy atom. The third-order valence-electron chi connectivity index (χ3n) is 5.53. The third-order valence-corrected chi connectivity index (χ3v) is 5.53. The van der Waals surface area contributed by atoms with Gasteiger partial charge in [0.15, 0.2) is 23.0 Å². The molecule has 2 aromatic carbocycles. The molecule has 0 saturated heterocycles. The lowest BCUT2D eigenvalue weighted by atomic mass is 9.99. The van der Waals surface area contributed by atoms with Crippen molar-refractivity contribution in [1.29, 1.82) is 0 Å². The molecular formula is C23H30N2O6. The number of urea groups is 1. The highest BCUT2D eigenvalue weighted by atomic mass is 16.5. The summed E-state index contributed by atoms with van der Waals surface area (Å²) in [6, 6.07) is 7.22. The number of amides is 2. The second kappa shape index (κ2) is 9.68. The van der Waals surface area contributed by atoms with Gasteiger partial charge < -0.3 is 33.9 Å². The first-order valence-electron chi connectivity index (χ1n) is 10.0. The maximum atomic E-state index is 13.0. The van der Waals surface area contributed by atoms with Gasteiger partial charge in [0.2, 0.25) is 5.75 Å². The largest absolute Gasteiger partial charge is 0.493 e. The zero-order valence-corrected chi connectivity index (χ0v) is 18.9. The number of hydrogen-bond donors (Lipinski definition) is 1. The summed E-state index contributed by atoms with van der Waals surface area (Å²) in [5.41, 5.74) is 3.07. The number of nitrogens with zero attached hydrogens (tertiary/aromatic N) is 1. The Morgan fingerprint density at radius 3 is 1.90 bits per heavy atom. The summed E-state index contributed by atoms with van der Waals surface area (Å²) in [6.07, 6.45) is 0.752. The zero-order valence-electron chi connectivity index (χ0n) is 18.9. The number of carbonyl (C=O) groups is 1. The number of benzene rings is 2. The molecule has 0 spiro atoms. The monoisotopic (exact) mass is 430 g/mol. The SMILES string of the molecule is COc1cc2c(cc1OC)CN(C(=O)N[C@H](C)c1cc(OC)c(OC)c(OC)c1)CC2. The van der Waals surface area contributed by atoms with Crippen LogP contribution in [0, 0.1) is 0 Å². The number of rotatable bonds is 7. The predicted molar refractivity (Wildman–Crippen MR) is 117 cm³/mol. The molecule has 3 rings (SSSR count). The van der Waals surface area contributed by atoms with Gasteiger partial charge in [-0.3, -0.25) is 0 Å². The average molecular weight is 431 g/mol. The smallest absolute Gasteiger partial charge is 0.318 e. The summed E-state index contributed by atoms with van der Waals surface area (Å²) in [4.78, 5) is 14.8. The van der Waals surface area contributed by atoms with Crippen LogP contribution < -0.4 is 29.0 Å². The van der Waals surface area contributed by atoms with Crippen LogP contribution in [0.15, 0.2) is 24.3 Å². The van der Waals surface area contributed by atoms with Gasteiger partial charge in [0.05, 0.1) is 41.6 Å². The molecule has 0 fully saturated rings. The molecule has 31 heavy (non-hydrogen) atoms. The van der Waals surface area contributed by atoms with Crippen LogP contribution in [0.4, 0.5) is 4.79 Å². The van der Waals surface area contributed by atoms with Crippen LogP contribution in [0.3, 0.4) is 0 Å². The number of fused-ring (bicyclic) bond motifs is 1. The summed E-state index contributed by atoms with van der Waals surface area (Å²) in [5.74, 6) is 2.98. The summed E-state index contributed by atoms with van der Waals surface area (Å²) >= 11 is 0. The van der Waals surface area contributed by atoms with Crippen molar-refractivity contribution < 1.29 is 28.5 Å². The van der Waals surface area contributed by atoms with Crippen LogP contribution in [-0.4, -0.2) is 53.0 Å². The Kier molecular flexibility index (Phi) is 6.99. The van der Waals surface area contributed by atoms with Gasteiger partial charge in [-0.2, -0.15) is 0 Å². The number of hydrogen-bond acceptors (Lipinski definition) is 6. The highest BCUT2D eigenvalue weighted by Gasteiger charge is 2.25. The minimum absolute atomic E-state index is 0.137. The maximum absolute atomic E-state index is 13.0. The van der Waals surface area contributed by atoms with Crippen molar-refractivity contribution in [3.8, 4) is 28.7 Å². The first-order valence-corrected chi connectivity index (χ1v) is 10.0. The van der Waals surface area contributed by atoms with Crippen LogP contribution in [-0.2, 0) is 13.0 Å². The fourth-order valence-corrected chi connectivity index (χ4v) is 3.77. The van der Waals surface area contributed by atoms with E-state index < -0.39 is 0 Å². The second-order valence-corrected chi connectivity index (χ2v) is 7.28. The van der Waals surface area contributed by atoms with Crippen molar-refractivity contribution in [2.75, 3.05) is 42.1 Å². The van der Waals surface area contributed by atoms with Crippen molar-refractivity contribution in [2.45, 2.75) is 25.9 Å². The molecule has 0 saturated carbocycles. The van der Waals surface area contributed by atoms with Gasteiger partial charge in [-0.1, -0.05) is 0 Å². The summed E-state index contributed by atoms with van der Waals surface area (Å²) < 4.78 is 27.0. The quantitative estimate of drug-likeness (QED) is 0.724. The number of ether oxygens (including phenoxy) is 5. The fourth-order valence-electron chi connectivity index (χ4n) is 3.77. The minimum atomic E-state index is -0.256. The molecule has 8 heteroatoms. The van der Waals surface area contributed by atoms with E-state index in [-0.39, 0.29) is 12.1 Å². The van der Waals surface area contributed by atoms with Gasteiger partial charge in [0, 0.05) is 13.1 Å². The number of carbonyl (C=O) groups excluding carboxylic acids is 1. The summed E-state index contributed by atoms with van der Waals surface area (Å²) in [6.45, 7) is 3.05. The molecule has 1 aliphatic heterocycles. The molecule has 0 bridgehead atoms. The number of methoxy groups -OCH3 is 5. The van der Waals surface area contributed by atoms with E-state index in [1.165, 1.54) is 5.56 Å². The molecule has 1 N–H and O–H groups in total. The van der Waals surface area contributed by atoms with E-state index >= 15 is 0 Å². The molecule has 1 heterocycles. The Hall–Kier alpha value is -3.29. The Labute approximate surface area is 183 Å². The van der Waals surface area contributed by atoms with Gasteiger partial charge in [-0.25, -0.2) is 4.79 Å². The highest BCUT2D eigenvalue weighted by Crippen LogP contribution is 2.39. The summed E-state index contributed by atoms with van der Waals surface area (Å²) in [5, 5.41) is 3.07. The first-order chi connectivity index (χ1) is 14.9. The molecule has 2 amide bonds. The summed E-state index contributed by atoms with van der Waals surface area (Å²) in [7, 11) is 7.93. The fraction of sp³-hybridized carbons (Fsp3) is 0.435. The Bertz CT molecular complexity index is 921. The standard InChI is InChI=1S/C23H30N2O6/c1-14(16-10-20(29-4)22(31-6)21(11-16)30-5)24-23(26)25-8-7-15-9-18(27-2)19(28-3)12-17(15)13-25/h9-12,14H,7-8,13H2,1-6H3,(H,24,26)/t14-/m1/s1. The van der Waals surface area contributed by atoms with E-state index in [2.05, 4.69) is 5.32 Å². The van der Waals surface area contributed by atoms with Crippen LogP contribution in [0.5, 0.6) is 28.7 Å². The molecule has 8 nitrogen and oxygen atoms in total. The van der Waals surface area contributed by atoms with E-state index in [9.17, 15) is 4.79 Å². The van der Waals surface area contributed by atoms with Crippen LogP contribution in [0.1, 0.15) is 29.7 Å². The topological polar surface area (TPSA) is 78.5 Å². The average Bonchev–Trinajstić information content (AvgIpc) is 2.81. The van der Waals surface area contributed by atoms with Gasteiger partial charge in [-0.15, -0.1) is 0 Å². The van der Waals surface area contributed by atoms with E-state index in [0.29, 0.717) is 41.8 Å². The van der Waals surface area contributed by atoms with Gasteiger partial charge >= 0.3 is 6.03 Å². The minimum Gasteiger partial charge on any atom is -0.493 e. The van der Waals surface area contributed by atoms with Crippen molar-refractivity contribution in [2.24, 2.45) is 0 Å². The Morgan fingerprint density at radius 1 is 0.839 bits per heavy atom. The molecule has 168 valence electrons. The molecule has 2 aromatic rings. The molecule has 0 aromatic heterocycles. The van der Waals surface area contributed by atoms with E-state index in [1.54, 1.807) is 40.4 Å². The predicted octanol–water partition coefficient (Wildman–Crippen LogP) is 3.56. The lowest BCUT2D eigenvalue weighted by Gasteiger charge is -2.31. The Balaban J connectivity index is 1.75. The lowest BCUT2D eigenvalue weighted by Crippen LogP contribution is -2.43. The normalized spacial score (nSPS) is 13.7. The van der Waals surface area contributed by atoms with E-state index in [0.717, 1.165) is 17.5 Å². The van der Waals surface area contributed by atoms with Crippen molar-refractivity contribution in [3.63, 3.8) is 0 Å². The van der Waals surface area contributed by atoms with Crippen molar-refractivity contribution in [3.05, 3.63) is 41.0 Å². The first kappa shape index (κ1) is 22.4. The van der Waals surface area contributed by atoms with Gasteiger partial charge in [-0.05, 0) is 54.3 Å². The maximum Gasteiger partial charge on any atom is 0.318 e.